The lowest BCUT2D eigenvalue weighted by atomic mass is 10.1. The summed E-state index contributed by atoms with van der Waals surface area (Å²) in [6, 6.07) is 17.3. The number of rotatable bonds is 16. The second kappa shape index (κ2) is 16.7. The largest absolute Gasteiger partial charge is 0.493 e. The quantitative estimate of drug-likeness (QED) is 0.177. The number of amides is 1. The molecule has 3 aromatic carbocycles. The fourth-order valence-electron chi connectivity index (χ4n) is 3.83. The molecule has 41 heavy (non-hydrogen) atoms. The normalized spacial score (nSPS) is 11.5. The summed E-state index contributed by atoms with van der Waals surface area (Å²) in [7, 11) is 0. The average molecular weight is 608 g/mol. The summed E-state index contributed by atoms with van der Waals surface area (Å²) >= 11 is 12.0. The first-order chi connectivity index (χ1) is 19.7. The van der Waals surface area contributed by atoms with Gasteiger partial charge in [-0.15, -0.1) is 0 Å². The molecule has 0 heterocycles. The van der Waals surface area contributed by atoms with E-state index in [1.807, 2.05) is 0 Å². The van der Waals surface area contributed by atoms with E-state index in [1.54, 1.807) is 49.4 Å². The molecule has 3 aromatic rings. The van der Waals surface area contributed by atoms with Crippen LogP contribution in [0.25, 0.3) is 0 Å². The lowest BCUT2D eigenvalue weighted by molar-refractivity contribution is -0.149. The van der Waals surface area contributed by atoms with Gasteiger partial charge in [-0.1, -0.05) is 41.4 Å². The first-order valence-corrected chi connectivity index (χ1v) is 13.9. The molecule has 1 amide bonds. The maximum Gasteiger partial charge on any atom is 0.415 e. The van der Waals surface area contributed by atoms with Gasteiger partial charge in [0.25, 0.3) is 0 Å². The lowest BCUT2D eigenvalue weighted by Crippen LogP contribution is -2.37. The van der Waals surface area contributed by atoms with Crippen molar-refractivity contribution in [2.45, 2.75) is 32.3 Å². The van der Waals surface area contributed by atoms with Gasteiger partial charge in [-0.25, -0.2) is 14.0 Å². The topological polar surface area (TPSA) is 94.5 Å². The lowest BCUT2D eigenvalue weighted by Gasteiger charge is -2.22. The number of carboxylic acids is 1. The molecule has 0 fully saturated rings. The molecule has 0 aliphatic carbocycles. The van der Waals surface area contributed by atoms with Gasteiger partial charge in [-0.3, -0.25) is 0 Å². The molecule has 1 atom stereocenters. The molecule has 0 saturated heterocycles. The summed E-state index contributed by atoms with van der Waals surface area (Å²) < 4.78 is 35.7. The maximum atomic E-state index is 13.6. The third-order valence-corrected chi connectivity index (χ3v) is 6.24. The second-order valence-electron chi connectivity index (χ2n) is 8.95. The van der Waals surface area contributed by atoms with Crippen molar-refractivity contribution in [1.29, 1.82) is 0 Å². The van der Waals surface area contributed by atoms with E-state index < -0.39 is 24.0 Å². The number of hydrogen-bond donors (Lipinski definition) is 1. The molecule has 0 aliphatic rings. The zero-order valence-corrected chi connectivity index (χ0v) is 24.1. The fourth-order valence-corrected chi connectivity index (χ4v) is 4.33. The van der Waals surface area contributed by atoms with E-state index >= 15 is 0 Å². The molecule has 0 aromatic heterocycles. The Kier molecular flexibility index (Phi) is 13.0. The maximum absolute atomic E-state index is 13.6. The third kappa shape index (κ3) is 11.5. The molecular formula is C30H32Cl2FNO7. The van der Waals surface area contributed by atoms with Crippen molar-refractivity contribution in [2.24, 2.45) is 0 Å². The van der Waals surface area contributed by atoms with E-state index in [-0.39, 0.29) is 25.3 Å². The van der Waals surface area contributed by atoms with Crippen molar-refractivity contribution in [3.8, 4) is 17.2 Å². The van der Waals surface area contributed by atoms with E-state index in [9.17, 15) is 19.1 Å². The van der Waals surface area contributed by atoms with Gasteiger partial charge in [0.15, 0.2) is 6.10 Å². The number of carbonyl (C=O) groups excluding carboxylic acids is 1. The Morgan fingerprint density at radius 3 is 2.24 bits per heavy atom. The molecule has 0 bridgehead atoms. The molecule has 1 unspecified atom stereocenters. The van der Waals surface area contributed by atoms with Crippen LogP contribution in [0, 0.1) is 5.82 Å². The first kappa shape index (κ1) is 32.0. The Morgan fingerprint density at radius 2 is 1.59 bits per heavy atom. The number of unbranched alkanes of at least 4 members (excludes halogenated alkanes) is 1. The molecule has 0 radical (unpaired) electrons. The monoisotopic (exact) mass is 607 g/mol. The van der Waals surface area contributed by atoms with Gasteiger partial charge in [0.05, 0.1) is 13.2 Å². The predicted octanol–water partition coefficient (Wildman–Crippen LogP) is 6.90. The number of nitrogens with zero attached hydrogens (tertiary/aromatic N) is 1. The molecule has 0 spiro atoms. The molecule has 0 saturated carbocycles. The highest BCUT2D eigenvalue weighted by Gasteiger charge is 2.19. The van der Waals surface area contributed by atoms with Crippen LogP contribution in [-0.2, 0) is 16.0 Å². The number of carbonyl (C=O) groups is 2. The summed E-state index contributed by atoms with van der Waals surface area (Å²) in [6.45, 7) is 3.18. The smallest absolute Gasteiger partial charge is 0.415 e. The molecular weight excluding hydrogens is 576 g/mol. The average Bonchev–Trinajstić information content (AvgIpc) is 2.92. The van der Waals surface area contributed by atoms with Crippen LogP contribution in [0.1, 0.15) is 25.3 Å². The number of carboxylic acid groups (broad SMARTS) is 1. The zero-order chi connectivity index (χ0) is 29.6. The van der Waals surface area contributed by atoms with E-state index in [1.165, 1.54) is 23.1 Å². The molecule has 8 nitrogen and oxygen atoms in total. The standard InChI is InChI=1S/C30H32Cl2FNO7/c1-2-38-28(29(35)36)16-21-8-10-25(11-9-21)40-15-13-34(30(37)41-26-7-5-6-24(33)20-26)12-3-4-14-39-27-18-22(31)17-23(32)19-27/h5-11,17-20,28H,2-4,12-16H2,1H3,(H,35,36). The van der Waals surface area contributed by atoms with Crippen LogP contribution in [0.3, 0.4) is 0 Å². The number of ether oxygens (including phenoxy) is 4. The minimum Gasteiger partial charge on any atom is -0.493 e. The van der Waals surface area contributed by atoms with Gasteiger partial charge < -0.3 is 29.0 Å². The van der Waals surface area contributed by atoms with Crippen LogP contribution in [0.2, 0.25) is 10.0 Å². The Bertz CT molecular complexity index is 1260. The van der Waals surface area contributed by atoms with Gasteiger partial charge in [-0.05, 0) is 67.8 Å². The molecule has 1 N–H and O–H groups in total. The molecule has 3 rings (SSSR count). The fraction of sp³-hybridized carbons (Fsp3) is 0.333. The summed E-state index contributed by atoms with van der Waals surface area (Å²) in [5.74, 6) is -0.310. The SMILES string of the molecule is CCOC(Cc1ccc(OCCN(CCCCOc2cc(Cl)cc(Cl)c2)C(=O)Oc2cccc(F)c2)cc1)C(=O)O. The van der Waals surface area contributed by atoms with Crippen molar-refractivity contribution in [2.75, 3.05) is 32.9 Å². The summed E-state index contributed by atoms with van der Waals surface area (Å²) in [5, 5.41) is 10.2. The minimum absolute atomic E-state index is 0.101. The Labute approximate surface area is 248 Å². The number of benzene rings is 3. The van der Waals surface area contributed by atoms with Crippen LogP contribution in [0.5, 0.6) is 17.2 Å². The second-order valence-corrected chi connectivity index (χ2v) is 9.82. The highest BCUT2D eigenvalue weighted by atomic mass is 35.5. The summed E-state index contributed by atoms with van der Waals surface area (Å²) in [4.78, 5) is 25.7. The Morgan fingerprint density at radius 1 is 0.878 bits per heavy atom. The van der Waals surface area contributed by atoms with Crippen molar-refractivity contribution in [1.82, 2.24) is 4.90 Å². The van der Waals surface area contributed by atoms with Gasteiger partial charge in [0, 0.05) is 35.7 Å². The predicted molar refractivity (Wildman–Crippen MR) is 154 cm³/mol. The van der Waals surface area contributed by atoms with Crippen LogP contribution < -0.4 is 14.2 Å². The molecule has 11 heteroatoms. The Balaban J connectivity index is 1.52. The van der Waals surface area contributed by atoms with Crippen molar-refractivity contribution in [3.63, 3.8) is 0 Å². The number of hydrogen-bond acceptors (Lipinski definition) is 6. The Hall–Kier alpha value is -3.53. The van der Waals surface area contributed by atoms with Crippen molar-refractivity contribution < 1.29 is 38.0 Å². The number of halogens is 3. The zero-order valence-electron chi connectivity index (χ0n) is 22.6. The van der Waals surface area contributed by atoms with Crippen LogP contribution >= 0.6 is 23.2 Å². The van der Waals surface area contributed by atoms with Crippen LogP contribution in [0.15, 0.2) is 66.7 Å². The van der Waals surface area contributed by atoms with E-state index in [2.05, 4.69) is 0 Å². The highest BCUT2D eigenvalue weighted by molar-refractivity contribution is 6.34. The van der Waals surface area contributed by atoms with E-state index in [4.69, 9.17) is 42.1 Å². The third-order valence-electron chi connectivity index (χ3n) is 5.80. The van der Waals surface area contributed by atoms with Crippen molar-refractivity contribution >= 4 is 35.3 Å². The summed E-state index contributed by atoms with van der Waals surface area (Å²) in [5.41, 5.74) is 0.792. The summed E-state index contributed by atoms with van der Waals surface area (Å²) in [6.07, 6.45) is -0.0796. The van der Waals surface area contributed by atoms with E-state index in [0.717, 1.165) is 11.6 Å². The van der Waals surface area contributed by atoms with Crippen LogP contribution in [-0.4, -0.2) is 61.1 Å². The number of aliphatic carboxylic acids is 1. The highest BCUT2D eigenvalue weighted by Crippen LogP contribution is 2.24. The van der Waals surface area contributed by atoms with Gasteiger partial charge in [0.1, 0.15) is 29.7 Å². The van der Waals surface area contributed by atoms with Crippen molar-refractivity contribution in [3.05, 3.63) is 88.2 Å². The molecule has 0 aliphatic heterocycles. The first-order valence-electron chi connectivity index (χ1n) is 13.1. The minimum atomic E-state index is -1.02. The van der Waals surface area contributed by atoms with Gasteiger partial charge >= 0.3 is 12.1 Å². The van der Waals surface area contributed by atoms with Crippen LogP contribution in [0.4, 0.5) is 9.18 Å². The molecule has 220 valence electrons. The van der Waals surface area contributed by atoms with Gasteiger partial charge in [-0.2, -0.15) is 0 Å². The van der Waals surface area contributed by atoms with Gasteiger partial charge in [0.2, 0.25) is 0 Å². The van der Waals surface area contributed by atoms with E-state index in [0.29, 0.717) is 54.1 Å².